The number of urea groups is 1. The number of hydrogen-bond donors (Lipinski definition) is 1. The lowest BCUT2D eigenvalue weighted by Crippen LogP contribution is -2.45. The molecule has 0 spiro atoms. The lowest BCUT2D eigenvalue weighted by molar-refractivity contribution is 0.203. The van der Waals surface area contributed by atoms with Crippen molar-refractivity contribution in [2.45, 2.75) is 26.4 Å². The van der Waals surface area contributed by atoms with Gasteiger partial charge in [0.05, 0.1) is 25.3 Å². The fourth-order valence-electron chi connectivity index (χ4n) is 4.24. The fraction of sp³-hybridized carbons (Fsp3) is 0.179. The molecule has 1 atom stereocenters. The Hall–Kier alpha value is -4.39. The van der Waals surface area contributed by atoms with Gasteiger partial charge in [-0.2, -0.15) is 4.98 Å². The molecule has 4 aromatic rings. The molecule has 2 heterocycles. The molecule has 0 fully saturated rings. The molecule has 0 radical (unpaired) electrons. The first-order valence-electron chi connectivity index (χ1n) is 11.4. The minimum Gasteiger partial charge on any atom is -0.497 e. The number of amides is 2. The van der Waals surface area contributed by atoms with Gasteiger partial charge in [-0.1, -0.05) is 77.5 Å². The summed E-state index contributed by atoms with van der Waals surface area (Å²) in [5, 5.41) is 7.38. The SMILES string of the molecule is COc1cccc(C2NC(=O)N(Cc3ccccc3)C(C)=C2c2nc(-c3ccc(C)cc3)no2)c1. The molecule has 2 amide bonds. The first-order valence-corrected chi connectivity index (χ1v) is 11.4. The standard InChI is InChI=1S/C28H26N4O3/c1-18-12-14-21(15-13-18)26-30-27(35-31-26)24-19(2)32(17-20-8-5-4-6-9-20)28(33)29-25(24)22-10-7-11-23(16-22)34-3/h4-16,25H,17H2,1-3H3,(H,29,33). The molecule has 1 N–H and O–H groups in total. The molecule has 1 aromatic heterocycles. The van der Waals surface area contributed by atoms with Crippen LogP contribution in [0.5, 0.6) is 5.75 Å². The van der Waals surface area contributed by atoms with Crippen LogP contribution in [0.4, 0.5) is 4.79 Å². The van der Waals surface area contributed by atoms with Crippen molar-refractivity contribution in [1.29, 1.82) is 0 Å². The van der Waals surface area contributed by atoms with Gasteiger partial charge in [0.2, 0.25) is 5.82 Å². The molecular weight excluding hydrogens is 440 g/mol. The first kappa shape index (κ1) is 22.4. The second-order valence-corrected chi connectivity index (χ2v) is 8.52. The van der Waals surface area contributed by atoms with Crippen LogP contribution in [0, 0.1) is 6.92 Å². The minimum atomic E-state index is -0.476. The molecular formula is C28H26N4O3. The van der Waals surface area contributed by atoms with Crippen molar-refractivity contribution in [3.8, 4) is 17.1 Å². The number of hydrogen-bond acceptors (Lipinski definition) is 5. The van der Waals surface area contributed by atoms with E-state index in [1.807, 2.05) is 92.7 Å². The number of nitrogens with zero attached hydrogens (tertiary/aromatic N) is 3. The van der Waals surface area contributed by atoms with E-state index in [1.54, 1.807) is 12.0 Å². The molecule has 3 aromatic carbocycles. The summed E-state index contributed by atoms with van der Waals surface area (Å²) in [4.78, 5) is 19.7. The highest BCUT2D eigenvalue weighted by Crippen LogP contribution is 2.38. The van der Waals surface area contributed by atoms with Crippen molar-refractivity contribution >= 4 is 11.6 Å². The van der Waals surface area contributed by atoms with Crippen molar-refractivity contribution < 1.29 is 14.1 Å². The van der Waals surface area contributed by atoms with Crippen molar-refractivity contribution in [2.24, 2.45) is 0 Å². The molecule has 1 unspecified atom stereocenters. The van der Waals surface area contributed by atoms with E-state index in [0.717, 1.165) is 33.5 Å². The maximum Gasteiger partial charge on any atom is 0.322 e. The average Bonchev–Trinajstić information content (AvgIpc) is 3.37. The molecule has 176 valence electrons. The van der Waals surface area contributed by atoms with Crippen LogP contribution in [-0.2, 0) is 6.54 Å². The Balaban J connectivity index is 1.60. The largest absolute Gasteiger partial charge is 0.497 e. The third kappa shape index (κ3) is 4.53. The maximum atomic E-state index is 13.3. The summed E-state index contributed by atoms with van der Waals surface area (Å²) in [6, 6.07) is 24.8. The zero-order chi connectivity index (χ0) is 24.4. The monoisotopic (exact) mass is 466 g/mol. The zero-order valence-corrected chi connectivity index (χ0v) is 19.9. The average molecular weight is 467 g/mol. The quantitative estimate of drug-likeness (QED) is 0.391. The van der Waals surface area contributed by atoms with Gasteiger partial charge >= 0.3 is 6.03 Å². The first-order chi connectivity index (χ1) is 17.0. The normalized spacial score (nSPS) is 15.8. The molecule has 0 aliphatic carbocycles. The Morgan fingerprint density at radius 1 is 1.00 bits per heavy atom. The lowest BCUT2D eigenvalue weighted by atomic mass is 9.94. The highest BCUT2D eigenvalue weighted by atomic mass is 16.5. The summed E-state index contributed by atoms with van der Waals surface area (Å²) in [5.74, 6) is 1.56. The number of aromatic nitrogens is 2. The van der Waals surface area contributed by atoms with E-state index >= 15 is 0 Å². The third-order valence-corrected chi connectivity index (χ3v) is 6.17. The van der Waals surface area contributed by atoms with Crippen molar-refractivity contribution in [3.05, 3.63) is 107 Å². The Kier molecular flexibility index (Phi) is 6.06. The third-order valence-electron chi connectivity index (χ3n) is 6.17. The number of carbonyl (C=O) groups is 1. The van der Waals surface area contributed by atoms with Gasteiger partial charge in [-0.15, -0.1) is 0 Å². The van der Waals surface area contributed by atoms with Crippen LogP contribution in [0.25, 0.3) is 17.0 Å². The van der Waals surface area contributed by atoms with Crippen LogP contribution in [0.1, 0.15) is 35.5 Å². The van der Waals surface area contributed by atoms with Crippen molar-refractivity contribution in [1.82, 2.24) is 20.4 Å². The smallest absolute Gasteiger partial charge is 0.322 e. The van der Waals surface area contributed by atoms with Gasteiger partial charge in [0.25, 0.3) is 5.89 Å². The predicted molar refractivity (Wildman–Crippen MR) is 133 cm³/mol. The van der Waals surface area contributed by atoms with E-state index in [1.165, 1.54) is 0 Å². The lowest BCUT2D eigenvalue weighted by Gasteiger charge is -2.35. The molecule has 0 saturated carbocycles. The highest BCUT2D eigenvalue weighted by molar-refractivity contribution is 5.87. The number of ether oxygens (including phenoxy) is 1. The van der Waals surface area contributed by atoms with Crippen LogP contribution in [0.2, 0.25) is 0 Å². The Morgan fingerprint density at radius 3 is 2.51 bits per heavy atom. The van der Waals surface area contributed by atoms with Gasteiger partial charge in [-0.25, -0.2) is 4.79 Å². The van der Waals surface area contributed by atoms with Crippen molar-refractivity contribution in [2.75, 3.05) is 7.11 Å². The Morgan fingerprint density at radius 2 is 1.77 bits per heavy atom. The van der Waals surface area contributed by atoms with E-state index < -0.39 is 6.04 Å². The minimum absolute atomic E-state index is 0.193. The summed E-state index contributed by atoms with van der Waals surface area (Å²) in [7, 11) is 1.62. The number of rotatable bonds is 6. The maximum absolute atomic E-state index is 13.3. The van der Waals surface area contributed by atoms with Crippen LogP contribution in [-0.4, -0.2) is 28.2 Å². The van der Waals surface area contributed by atoms with E-state index in [9.17, 15) is 4.79 Å². The van der Waals surface area contributed by atoms with Gasteiger partial charge in [-0.05, 0) is 37.1 Å². The van der Waals surface area contributed by atoms with Gasteiger partial charge < -0.3 is 14.6 Å². The molecule has 35 heavy (non-hydrogen) atoms. The molecule has 7 heteroatoms. The number of carbonyl (C=O) groups excluding carboxylic acids is 1. The topological polar surface area (TPSA) is 80.5 Å². The molecule has 5 rings (SSSR count). The van der Waals surface area contributed by atoms with Gasteiger partial charge in [0, 0.05) is 11.3 Å². The number of benzene rings is 3. The number of methoxy groups -OCH3 is 1. The highest BCUT2D eigenvalue weighted by Gasteiger charge is 2.36. The second-order valence-electron chi connectivity index (χ2n) is 8.52. The number of nitrogens with one attached hydrogen (secondary N) is 1. The van der Waals surface area contributed by atoms with Gasteiger partial charge in [-0.3, -0.25) is 4.90 Å². The molecule has 1 aliphatic rings. The van der Waals surface area contributed by atoms with E-state index in [0.29, 0.717) is 24.0 Å². The molecule has 7 nitrogen and oxygen atoms in total. The van der Waals surface area contributed by atoms with Crippen LogP contribution >= 0.6 is 0 Å². The summed E-state index contributed by atoms with van der Waals surface area (Å²) >= 11 is 0. The summed E-state index contributed by atoms with van der Waals surface area (Å²) in [6.45, 7) is 4.37. The Labute approximate surface area is 204 Å². The van der Waals surface area contributed by atoms with Crippen LogP contribution in [0.15, 0.2) is 89.1 Å². The summed E-state index contributed by atoms with van der Waals surface area (Å²) in [6.07, 6.45) is 0. The zero-order valence-electron chi connectivity index (χ0n) is 19.9. The van der Waals surface area contributed by atoms with Crippen LogP contribution < -0.4 is 10.1 Å². The molecule has 0 saturated heterocycles. The summed E-state index contributed by atoms with van der Waals surface area (Å²) in [5.41, 5.74) is 5.40. The second kappa shape index (κ2) is 9.46. The predicted octanol–water partition coefficient (Wildman–Crippen LogP) is 5.75. The van der Waals surface area contributed by atoms with E-state index in [2.05, 4.69) is 10.5 Å². The van der Waals surface area contributed by atoms with Gasteiger partial charge in [0.1, 0.15) is 5.75 Å². The summed E-state index contributed by atoms with van der Waals surface area (Å²) < 4.78 is 11.2. The van der Waals surface area contributed by atoms with Crippen molar-refractivity contribution in [3.63, 3.8) is 0 Å². The van der Waals surface area contributed by atoms with E-state index in [4.69, 9.17) is 14.2 Å². The number of aryl methyl sites for hydroxylation is 1. The number of allylic oxidation sites excluding steroid dienone is 1. The fourth-order valence-corrected chi connectivity index (χ4v) is 4.24. The van der Waals surface area contributed by atoms with Gasteiger partial charge in [0.15, 0.2) is 0 Å². The molecule has 1 aliphatic heterocycles. The van der Waals surface area contributed by atoms with Crippen LogP contribution in [0.3, 0.4) is 0 Å². The van der Waals surface area contributed by atoms with E-state index in [-0.39, 0.29) is 6.03 Å². The Bertz CT molecular complexity index is 1380. The molecule has 0 bridgehead atoms.